The quantitative estimate of drug-likeness (QED) is 0.467. The largest absolute Gasteiger partial charge is 0.497 e. The molecule has 0 aliphatic carbocycles. The van der Waals surface area contributed by atoms with Gasteiger partial charge in [0.25, 0.3) is 5.91 Å². The van der Waals surface area contributed by atoms with Crippen LogP contribution in [0.5, 0.6) is 5.75 Å². The third-order valence-electron chi connectivity index (χ3n) is 3.84. The molecule has 0 spiro atoms. The van der Waals surface area contributed by atoms with Gasteiger partial charge in [-0.15, -0.1) is 11.3 Å². The van der Waals surface area contributed by atoms with E-state index in [9.17, 15) is 9.59 Å². The Kier molecular flexibility index (Phi) is 6.59. The zero-order valence-electron chi connectivity index (χ0n) is 15.2. The molecule has 1 amide bonds. The van der Waals surface area contributed by atoms with Crippen LogP contribution in [0.15, 0.2) is 78.2 Å². The van der Waals surface area contributed by atoms with Gasteiger partial charge in [0.05, 0.1) is 7.11 Å². The van der Waals surface area contributed by atoms with Gasteiger partial charge < -0.3 is 14.8 Å². The van der Waals surface area contributed by atoms with Crippen molar-refractivity contribution in [2.75, 3.05) is 12.4 Å². The predicted molar refractivity (Wildman–Crippen MR) is 110 cm³/mol. The smallest absolute Gasteiger partial charge is 0.331 e. The molecular formula is C22H19NO4S. The molecule has 28 heavy (non-hydrogen) atoms. The molecule has 142 valence electrons. The molecule has 6 heteroatoms. The van der Waals surface area contributed by atoms with Crippen molar-refractivity contribution in [3.05, 3.63) is 88.6 Å². The topological polar surface area (TPSA) is 64.6 Å². The fourth-order valence-corrected chi connectivity index (χ4v) is 3.12. The van der Waals surface area contributed by atoms with Crippen LogP contribution in [-0.2, 0) is 14.3 Å². The number of esters is 1. The van der Waals surface area contributed by atoms with Crippen molar-refractivity contribution in [1.29, 1.82) is 0 Å². The van der Waals surface area contributed by atoms with Gasteiger partial charge in [-0.05, 0) is 29.7 Å². The molecule has 1 atom stereocenters. The van der Waals surface area contributed by atoms with Crippen molar-refractivity contribution in [1.82, 2.24) is 0 Å². The van der Waals surface area contributed by atoms with E-state index in [0.29, 0.717) is 17.0 Å². The second-order valence-electron chi connectivity index (χ2n) is 5.80. The van der Waals surface area contributed by atoms with Crippen LogP contribution < -0.4 is 10.1 Å². The zero-order chi connectivity index (χ0) is 19.8. The molecule has 0 unspecified atom stereocenters. The van der Waals surface area contributed by atoms with E-state index in [1.165, 1.54) is 17.4 Å². The van der Waals surface area contributed by atoms with Crippen molar-refractivity contribution >= 4 is 35.0 Å². The minimum absolute atomic E-state index is 0.447. The Hall–Kier alpha value is -3.38. The molecule has 2 aromatic carbocycles. The number of thiophene rings is 1. The number of hydrogen-bond acceptors (Lipinski definition) is 5. The Morgan fingerprint density at radius 2 is 1.86 bits per heavy atom. The number of carbonyl (C=O) groups is 2. The van der Waals surface area contributed by atoms with Crippen molar-refractivity contribution in [2.24, 2.45) is 0 Å². The first-order valence-electron chi connectivity index (χ1n) is 8.58. The normalized spacial score (nSPS) is 11.8. The number of anilines is 1. The fraction of sp³-hybridized carbons (Fsp3) is 0.0909. The summed E-state index contributed by atoms with van der Waals surface area (Å²) in [7, 11) is 1.55. The highest BCUT2D eigenvalue weighted by Crippen LogP contribution is 2.23. The van der Waals surface area contributed by atoms with Gasteiger partial charge in [-0.3, -0.25) is 4.79 Å². The number of rotatable bonds is 7. The van der Waals surface area contributed by atoms with Crippen molar-refractivity contribution < 1.29 is 19.1 Å². The number of amides is 1. The number of benzene rings is 2. The van der Waals surface area contributed by atoms with Gasteiger partial charge in [0, 0.05) is 28.3 Å². The summed E-state index contributed by atoms with van der Waals surface area (Å²) in [5.74, 6) is -0.426. The number of ether oxygens (including phenoxy) is 2. The van der Waals surface area contributed by atoms with E-state index in [4.69, 9.17) is 9.47 Å². The van der Waals surface area contributed by atoms with Gasteiger partial charge in [-0.1, -0.05) is 42.5 Å². The van der Waals surface area contributed by atoms with Gasteiger partial charge in [-0.25, -0.2) is 4.79 Å². The summed E-state index contributed by atoms with van der Waals surface area (Å²) in [5.41, 5.74) is 1.14. The molecule has 0 saturated heterocycles. The van der Waals surface area contributed by atoms with Crippen LogP contribution in [0.2, 0.25) is 0 Å². The summed E-state index contributed by atoms with van der Waals surface area (Å²) in [4.78, 5) is 26.0. The maximum atomic E-state index is 12.8. The van der Waals surface area contributed by atoms with Gasteiger partial charge in [0.15, 0.2) is 0 Å². The third kappa shape index (κ3) is 5.31. The summed E-state index contributed by atoms with van der Waals surface area (Å²) in [6.45, 7) is 0. The number of carbonyl (C=O) groups excluding carboxylic acids is 2. The average Bonchev–Trinajstić information content (AvgIpc) is 3.25. The number of methoxy groups -OCH3 is 1. The monoisotopic (exact) mass is 393 g/mol. The lowest BCUT2D eigenvalue weighted by molar-refractivity contribution is -0.149. The Labute approximate surface area is 167 Å². The van der Waals surface area contributed by atoms with Crippen LogP contribution in [0.3, 0.4) is 0 Å². The van der Waals surface area contributed by atoms with Gasteiger partial charge in [-0.2, -0.15) is 0 Å². The van der Waals surface area contributed by atoms with Crippen LogP contribution in [0.1, 0.15) is 16.5 Å². The highest BCUT2D eigenvalue weighted by atomic mass is 32.1. The van der Waals surface area contributed by atoms with Crippen LogP contribution in [-0.4, -0.2) is 19.0 Å². The summed E-state index contributed by atoms with van der Waals surface area (Å²) >= 11 is 1.51. The lowest BCUT2D eigenvalue weighted by Crippen LogP contribution is -2.25. The van der Waals surface area contributed by atoms with Crippen LogP contribution in [0.4, 0.5) is 5.69 Å². The molecule has 0 bridgehead atoms. The zero-order valence-corrected chi connectivity index (χ0v) is 16.0. The first kappa shape index (κ1) is 19.4. The lowest BCUT2D eigenvalue weighted by atomic mass is 10.1. The SMILES string of the molecule is COc1cccc(NC(=O)[C@@H](OC(=O)/C=C/c2cccs2)c2ccccc2)c1. The van der Waals surface area contributed by atoms with Gasteiger partial charge >= 0.3 is 5.97 Å². The van der Waals surface area contributed by atoms with Crippen LogP contribution in [0.25, 0.3) is 6.08 Å². The van der Waals surface area contributed by atoms with E-state index in [0.717, 1.165) is 4.88 Å². The van der Waals surface area contributed by atoms with Crippen LogP contribution >= 0.6 is 11.3 Å². The third-order valence-corrected chi connectivity index (χ3v) is 4.68. The second-order valence-corrected chi connectivity index (χ2v) is 6.78. The van der Waals surface area contributed by atoms with Gasteiger partial charge in [0.1, 0.15) is 5.75 Å². The summed E-state index contributed by atoms with van der Waals surface area (Å²) in [6, 6.07) is 19.6. The Balaban J connectivity index is 1.76. The molecule has 0 fully saturated rings. The van der Waals surface area contributed by atoms with E-state index >= 15 is 0 Å². The predicted octanol–water partition coefficient (Wildman–Crippen LogP) is 4.69. The van der Waals surface area contributed by atoms with E-state index in [2.05, 4.69) is 5.32 Å². The first-order chi connectivity index (χ1) is 13.7. The van der Waals surface area contributed by atoms with E-state index in [1.54, 1.807) is 61.7 Å². The Morgan fingerprint density at radius 1 is 1.04 bits per heavy atom. The fourth-order valence-electron chi connectivity index (χ4n) is 2.50. The highest BCUT2D eigenvalue weighted by Gasteiger charge is 2.24. The molecular weight excluding hydrogens is 374 g/mol. The molecule has 0 aliphatic rings. The average molecular weight is 393 g/mol. The summed E-state index contributed by atoms with van der Waals surface area (Å²) in [6.07, 6.45) is 1.91. The first-order valence-corrected chi connectivity index (χ1v) is 9.46. The number of nitrogens with one attached hydrogen (secondary N) is 1. The highest BCUT2D eigenvalue weighted by molar-refractivity contribution is 7.10. The Morgan fingerprint density at radius 3 is 2.57 bits per heavy atom. The summed E-state index contributed by atoms with van der Waals surface area (Å²) < 4.78 is 10.6. The number of hydrogen-bond donors (Lipinski definition) is 1. The van der Waals surface area contributed by atoms with Crippen molar-refractivity contribution in [2.45, 2.75) is 6.10 Å². The molecule has 0 radical (unpaired) electrons. The Bertz CT molecular complexity index is 952. The molecule has 3 rings (SSSR count). The van der Waals surface area contributed by atoms with E-state index in [-0.39, 0.29) is 0 Å². The summed E-state index contributed by atoms with van der Waals surface area (Å²) in [5, 5.41) is 4.69. The second kappa shape index (κ2) is 9.53. The van der Waals surface area contributed by atoms with Crippen LogP contribution in [0, 0.1) is 0 Å². The van der Waals surface area contributed by atoms with E-state index < -0.39 is 18.0 Å². The molecule has 5 nitrogen and oxygen atoms in total. The molecule has 1 N–H and O–H groups in total. The van der Waals surface area contributed by atoms with Crippen molar-refractivity contribution in [3.8, 4) is 5.75 Å². The molecule has 0 aliphatic heterocycles. The standard InChI is InChI=1S/C22H19NO4S/c1-26-18-10-5-9-17(15-18)23-22(25)21(16-7-3-2-4-8-16)27-20(24)13-12-19-11-6-14-28-19/h2-15,21H,1H3,(H,23,25)/b13-12+/t21-/m0/s1. The molecule has 0 saturated carbocycles. The molecule has 1 aromatic heterocycles. The minimum atomic E-state index is -1.08. The maximum Gasteiger partial charge on any atom is 0.331 e. The van der Waals surface area contributed by atoms with Gasteiger partial charge in [0.2, 0.25) is 6.10 Å². The maximum absolute atomic E-state index is 12.8. The molecule has 1 heterocycles. The minimum Gasteiger partial charge on any atom is -0.497 e. The van der Waals surface area contributed by atoms with Crippen molar-refractivity contribution in [3.63, 3.8) is 0 Å². The lowest BCUT2D eigenvalue weighted by Gasteiger charge is -2.17. The van der Waals surface area contributed by atoms with E-state index in [1.807, 2.05) is 23.6 Å². The molecule has 3 aromatic rings.